The van der Waals surface area contributed by atoms with Crippen molar-refractivity contribution in [3.63, 3.8) is 0 Å². The summed E-state index contributed by atoms with van der Waals surface area (Å²) < 4.78 is 29.0. The van der Waals surface area contributed by atoms with Crippen LogP contribution >= 0.6 is 23.2 Å². The minimum absolute atomic E-state index is 0.135. The van der Waals surface area contributed by atoms with E-state index >= 15 is 0 Å². The van der Waals surface area contributed by atoms with Gasteiger partial charge in [0.25, 0.3) is 0 Å². The number of imide groups is 1. The molecule has 4 unspecified atom stereocenters. The van der Waals surface area contributed by atoms with Crippen LogP contribution in [0.5, 0.6) is 0 Å². The van der Waals surface area contributed by atoms with Gasteiger partial charge >= 0.3 is 18.2 Å². The van der Waals surface area contributed by atoms with Crippen molar-refractivity contribution in [2.75, 3.05) is 19.8 Å². The fourth-order valence-corrected chi connectivity index (χ4v) is 4.54. The lowest BCUT2D eigenvalue weighted by Gasteiger charge is -2.33. The lowest BCUT2D eigenvalue weighted by atomic mass is 9.91. The Kier molecular flexibility index (Phi) is 12.1. The zero-order chi connectivity index (χ0) is 30.4. The van der Waals surface area contributed by atoms with Gasteiger partial charge in [0.2, 0.25) is 0 Å². The summed E-state index contributed by atoms with van der Waals surface area (Å²) >= 11 is 12.6. The van der Waals surface area contributed by atoms with Crippen molar-refractivity contribution in [3.05, 3.63) is 33.8 Å². The van der Waals surface area contributed by atoms with E-state index in [1.54, 1.807) is 60.6 Å². The van der Waals surface area contributed by atoms with Gasteiger partial charge < -0.3 is 23.7 Å². The quantitative estimate of drug-likeness (QED) is 0.261. The maximum atomic E-state index is 13.5. The fraction of sp³-hybridized carbons (Fsp3) is 0.690. The van der Waals surface area contributed by atoms with Crippen LogP contribution in [-0.4, -0.2) is 72.3 Å². The number of hydrogen-bond donors (Lipinski definition) is 0. The molecule has 0 radical (unpaired) electrons. The third kappa shape index (κ3) is 10.7. The fourth-order valence-electron chi connectivity index (χ4n) is 4.06. The number of carbonyl (C=O) groups excluding carboxylic acids is 3. The number of hydrogen-bond acceptors (Lipinski definition) is 8. The molecule has 1 aromatic carbocycles. The average molecular weight is 605 g/mol. The topological polar surface area (TPSA) is 101 Å². The summed E-state index contributed by atoms with van der Waals surface area (Å²) in [7, 11) is 0. The number of esters is 1. The molecule has 2 rings (SSSR count). The minimum Gasteiger partial charge on any atom is -0.458 e. The van der Waals surface area contributed by atoms with E-state index in [2.05, 4.69) is 0 Å². The molecule has 1 fully saturated rings. The molecule has 0 aromatic heterocycles. The van der Waals surface area contributed by atoms with Crippen molar-refractivity contribution in [1.29, 1.82) is 0 Å². The highest BCUT2D eigenvalue weighted by Crippen LogP contribution is 2.29. The Morgan fingerprint density at radius 1 is 1.02 bits per heavy atom. The second-order valence-corrected chi connectivity index (χ2v) is 13.3. The number of nitrogens with zero attached hydrogens (tertiary/aromatic N) is 1. The molecule has 0 N–H and O–H groups in total. The van der Waals surface area contributed by atoms with Crippen molar-refractivity contribution in [3.8, 4) is 0 Å². The molecule has 1 heterocycles. The van der Waals surface area contributed by atoms with Crippen molar-refractivity contribution in [2.45, 2.75) is 98.2 Å². The van der Waals surface area contributed by atoms with Crippen molar-refractivity contribution >= 4 is 41.4 Å². The van der Waals surface area contributed by atoms with E-state index in [0.29, 0.717) is 28.0 Å². The molecule has 2 amide bonds. The Morgan fingerprint density at radius 2 is 1.60 bits per heavy atom. The van der Waals surface area contributed by atoms with Crippen LogP contribution < -0.4 is 0 Å². The third-order valence-corrected chi connectivity index (χ3v) is 6.31. The van der Waals surface area contributed by atoms with Gasteiger partial charge in [-0.25, -0.2) is 14.4 Å². The van der Waals surface area contributed by atoms with Crippen molar-refractivity contribution < 1.29 is 38.1 Å². The lowest BCUT2D eigenvalue weighted by molar-refractivity contribution is -0.164. The smallest absolute Gasteiger partial charge is 0.420 e. The van der Waals surface area contributed by atoms with E-state index < -0.39 is 47.6 Å². The molecule has 1 aliphatic rings. The number of amides is 2. The summed E-state index contributed by atoms with van der Waals surface area (Å²) in [6, 6.07) is 3.80. The van der Waals surface area contributed by atoms with E-state index in [9.17, 15) is 14.4 Å². The minimum atomic E-state index is -1.45. The SMILES string of the molecule is CC(C)COC1C(Cc2ccc(Cl)cc2Cl)COCC(N(C(=O)OC(C)(C)C)C(=O)OC(C)(C)C)C(=O)OC1C. The van der Waals surface area contributed by atoms with Crippen molar-refractivity contribution in [2.24, 2.45) is 11.8 Å². The number of ether oxygens (including phenoxy) is 5. The van der Waals surface area contributed by atoms with Gasteiger partial charge in [0.15, 0.2) is 6.04 Å². The Balaban J connectivity index is 2.44. The van der Waals surface area contributed by atoms with E-state index in [-0.39, 0.29) is 25.0 Å². The Labute approximate surface area is 247 Å². The first kappa shape index (κ1) is 34.1. The van der Waals surface area contributed by atoms with Crippen LogP contribution in [0.4, 0.5) is 9.59 Å². The van der Waals surface area contributed by atoms with E-state index in [0.717, 1.165) is 5.56 Å². The summed E-state index contributed by atoms with van der Waals surface area (Å²) in [5.74, 6) is -0.901. The van der Waals surface area contributed by atoms with Crippen LogP contribution in [0.3, 0.4) is 0 Å². The van der Waals surface area contributed by atoms with Gasteiger partial charge in [-0.1, -0.05) is 43.1 Å². The van der Waals surface area contributed by atoms with Gasteiger partial charge in [-0.05, 0) is 78.5 Å². The normalized spacial score (nSPS) is 22.6. The molecular formula is C29H43Cl2NO8. The first-order chi connectivity index (χ1) is 18.4. The van der Waals surface area contributed by atoms with Gasteiger partial charge in [0.1, 0.15) is 17.3 Å². The van der Waals surface area contributed by atoms with E-state index in [1.807, 2.05) is 19.9 Å². The molecule has 4 atom stereocenters. The van der Waals surface area contributed by atoms with Gasteiger partial charge in [-0.15, -0.1) is 0 Å². The van der Waals surface area contributed by atoms with Crippen LogP contribution in [0, 0.1) is 11.8 Å². The van der Waals surface area contributed by atoms with E-state index in [1.165, 1.54) is 0 Å². The molecule has 9 nitrogen and oxygen atoms in total. The van der Waals surface area contributed by atoms with Crippen LogP contribution in [0.15, 0.2) is 18.2 Å². The summed E-state index contributed by atoms with van der Waals surface area (Å²) in [6.45, 7) is 15.9. The second kappa shape index (κ2) is 14.2. The third-order valence-electron chi connectivity index (χ3n) is 5.72. The van der Waals surface area contributed by atoms with Crippen LogP contribution in [-0.2, 0) is 34.9 Å². The highest BCUT2D eigenvalue weighted by molar-refractivity contribution is 6.35. The molecule has 1 saturated heterocycles. The second-order valence-electron chi connectivity index (χ2n) is 12.4. The highest BCUT2D eigenvalue weighted by atomic mass is 35.5. The maximum Gasteiger partial charge on any atom is 0.420 e. The zero-order valence-electron chi connectivity index (χ0n) is 24.9. The Morgan fingerprint density at radius 3 is 2.10 bits per heavy atom. The Bertz CT molecular complexity index is 1010. The van der Waals surface area contributed by atoms with Gasteiger partial charge in [0.05, 0.1) is 19.3 Å². The molecule has 40 heavy (non-hydrogen) atoms. The summed E-state index contributed by atoms with van der Waals surface area (Å²) in [6.07, 6.45) is -2.95. The van der Waals surface area contributed by atoms with Crippen LogP contribution in [0.1, 0.15) is 67.9 Å². The largest absolute Gasteiger partial charge is 0.458 e. The number of carbonyl (C=O) groups is 3. The number of cyclic esters (lactones) is 1. The summed E-state index contributed by atoms with van der Waals surface area (Å²) in [5, 5.41) is 1.01. The summed E-state index contributed by atoms with van der Waals surface area (Å²) in [4.78, 5) is 40.5. The van der Waals surface area contributed by atoms with Gasteiger partial charge in [-0.3, -0.25) is 0 Å². The standard InChI is InChI=1S/C29H43Cl2NO8/c1-17(2)14-37-24-18(3)38-25(33)23(16-36-15-20(24)12-19-10-11-21(30)13-22(19)31)32(26(34)39-28(4,5)6)27(35)40-29(7,8)9/h10-11,13,17-18,20,23-24H,12,14-16H2,1-9H3. The summed E-state index contributed by atoms with van der Waals surface area (Å²) in [5.41, 5.74) is -1.05. The maximum absolute atomic E-state index is 13.5. The van der Waals surface area contributed by atoms with E-state index in [4.69, 9.17) is 46.9 Å². The predicted molar refractivity (Wildman–Crippen MR) is 153 cm³/mol. The molecule has 11 heteroatoms. The predicted octanol–water partition coefficient (Wildman–Crippen LogP) is 6.70. The average Bonchev–Trinajstić information content (AvgIpc) is 2.81. The number of halogens is 2. The van der Waals surface area contributed by atoms with Crippen LogP contribution in [0.2, 0.25) is 10.0 Å². The molecule has 1 aliphatic heterocycles. The first-order valence-corrected chi connectivity index (χ1v) is 14.2. The van der Waals surface area contributed by atoms with Gasteiger partial charge in [0, 0.05) is 22.6 Å². The molecule has 0 spiro atoms. The Hall–Kier alpha value is -2.07. The molecule has 226 valence electrons. The number of benzene rings is 1. The molecule has 1 aromatic rings. The molecule has 0 saturated carbocycles. The van der Waals surface area contributed by atoms with Crippen LogP contribution in [0.25, 0.3) is 0 Å². The molecule has 0 aliphatic carbocycles. The number of rotatable bonds is 6. The lowest BCUT2D eigenvalue weighted by Crippen LogP contribution is -2.54. The monoisotopic (exact) mass is 603 g/mol. The zero-order valence-corrected chi connectivity index (χ0v) is 26.4. The van der Waals surface area contributed by atoms with Crippen molar-refractivity contribution in [1.82, 2.24) is 4.90 Å². The highest BCUT2D eigenvalue weighted by Gasteiger charge is 2.44. The first-order valence-electron chi connectivity index (χ1n) is 13.5. The molecule has 0 bridgehead atoms. The van der Waals surface area contributed by atoms with Gasteiger partial charge in [-0.2, -0.15) is 4.90 Å². The molecular weight excluding hydrogens is 561 g/mol.